The Morgan fingerprint density at radius 2 is 1.71 bits per heavy atom. The summed E-state index contributed by atoms with van der Waals surface area (Å²) in [5, 5.41) is 28.1. The zero-order valence-electron chi connectivity index (χ0n) is 16.9. The van der Waals surface area contributed by atoms with Crippen LogP contribution in [0.2, 0.25) is 0 Å². The number of aromatic nitrogens is 5. The molecule has 0 radical (unpaired) electrons. The van der Waals surface area contributed by atoms with Crippen LogP contribution in [0.5, 0.6) is 5.75 Å². The quantitative estimate of drug-likeness (QED) is 0.236. The number of methoxy groups -OCH3 is 1. The fourth-order valence-corrected chi connectivity index (χ4v) is 3.70. The summed E-state index contributed by atoms with van der Waals surface area (Å²) in [6.07, 6.45) is 0. The molecule has 0 saturated heterocycles. The Bertz CT molecular complexity index is 1200. The number of nitrogens with zero attached hydrogens (tertiary/aromatic N) is 6. The van der Waals surface area contributed by atoms with Crippen LogP contribution >= 0.6 is 11.8 Å². The molecule has 0 bridgehead atoms. The smallest absolute Gasteiger partial charge is 0.269 e. The SMILES string of the molecule is COc1ccc(-c2nnc(S[C@H](C)c3nnc(-c4ccc([N+](=O)[O-])cc4)o3)n2C)cc1. The highest BCUT2D eigenvalue weighted by molar-refractivity contribution is 7.99. The van der Waals surface area contributed by atoms with Gasteiger partial charge in [-0.2, -0.15) is 0 Å². The van der Waals surface area contributed by atoms with E-state index in [2.05, 4.69) is 20.4 Å². The summed E-state index contributed by atoms with van der Waals surface area (Å²) in [6, 6.07) is 13.6. The maximum absolute atomic E-state index is 10.8. The Balaban J connectivity index is 1.49. The molecule has 4 rings (SSSR count). The first kappa shape index (κ1) is 20.5. The largest absolute Gasteiger partial charge is 0.497 e. The number of nitro groups is 1. The van der Waals surface area contributed by atoms with Crippen LogP contribution in [0.15, 0.2) is 58.1 Å². The number of hydrogen-bond donors (Lipinski definition) is 0. The molecule has 0 unspecified atom stereocenters. The van der Waals surface area contributed by atoms with Gasteiger partial charge in [0.2, 0.25) is 11.8 Å². The Morgan fingerprint density at radius 3 is 2.35 bits per heavy atom. The Hall–Kier alpha value is -3.73. The first-order valence-electron chi connectivity index (χ1n) is 9.25. The van der Waals surface area contributed by atoms with Gasteiger partial charge in [0, 0.05) is 30.3 Å². The lowest BCUT2D eigenvalue weighted by Gasteiger charge is -2.07. The van der Waals surface area contributed by atoms with Crippen molar-refractivity contribution in [2.45, 2.75) is 17.3 Å². The van der Waals surface area contributed by atoms with E-state index in [9.17, 15) is 10.1 Å². The number of hydrogen-bond acceptors (Lipinski definition) is 9. The zero-order valence-corrected chi connectivity index (χ0v) is 17.7. The Labute approximate surface area is 181 Å². The highest BCUT2D eigenvalue weighted by atomic mass is 32.2. The summed E-state index contributed by atoms with van der Waals surface area (Å²) < 4.78 is 12.9. The molecule has 31 heavy (non-hydrogen) atoms. The van der Waals surface area contributed by atoms with Gasteiger partial charge in [-0.25, -0.2) is 0 Å². The monoisotopic (exact) mass is 438 g/mol. The average Bonchev–Trinajstić information content (AvgIpc) is 3.42. The molecule has 0 fully saturated rings. The third kappa shape index (κ3) is 4.26. The van der Waals surface area contributed by atoms with Gasteiger partial charge in [0.15, 0.2) is 11.0 Å². The van der Waals surface area contributed by atoms with Gasteiger partial charge < -0.3 is 13.7 Å². The molecule has 11 heteroatoms. The zero-order chi connectivity index (χ0) is 22.0. The molecule has 2 aromatic heterocycles. The van der Waals surface area contributed by atoms with Crippen molar-refractivity contribution < 1.29 is 14.1 Å². The summed E-state index contributed by atoms with van der Waals surface area (Å²) in [5.41, 5.74) is 1.54. The fourth-order valence-electron chi connectivity index (χ4n) is 2.86. The summed E-state index contributed by atoms with van der Waals surface area (Å²) in [7, 11) is 3.52. The van der Waals surface area contributed by atoms with Gasteiger partial charge in [-0.1, -0.05) is 11.8 Å². The second-order valence-electron chi connectivity index (χ2n) is 6.60. The van der Waals surface area contributed by atoms with Crippen LogP contribution in [-0.4, -0.2) is 37.0 Å². The van der Waals surface area contributed by atoms with Crippen molar-refractivity contribution in [1.29, 1.82) is 0 Å². The van der Waals surface area contributed by atoms with E-state index >= 15 is 0 Å². The van der Waals surface area contributed by atoms with Crippen molar-refractivity contribution in [1.82, 2.24) is 25.0 Å². The van der Waals surface area contributed by atoms with Crippen LogP contribution in [0.4, 0.5) is 5.69 Å². The maximum Gasteiger partial charge on any atom is 0.269 e. The first-order chi connectivity index (χ1) is 15.0. The first-order valence-corrected chi connectivity index (χ1v) is 10.1. The van der Waals surface area contributed by atoms with E-state index in [1.54, 1.807) is 19.2 Å². The molecule has 0 aliphatic rings. The van der Waals surface area contributed by atoms with E-state index in [4.69, 9.17) is 9.15 Å². The van der Waals surface area contributed by atoms with Crippen molar-refractivity contribution >= 4 is 17.4 Å². The number of benzene rings is 2. The maximum atomic E-state index is 10.8. The van der Waals surface area contributed by atoms with Gasteiger partial charge in [-0.3, -0.25) is 10.1 Å². The second-order valence-corrected chi connectivity index (χ2v) is 7.91. The average molecular weight is 438 g/mol. The molecule has 4 aromatic rings. The number of ether oxygens (including phenoxy) is 1. The van der Waals surface area contributed by atoms with Gasteiger partial charge in [-0.05, 0) is 43.3 Å². The lowest BCUT2D eigenvalue weighted by Crippen LogP contribution is -1.97. The van der Waals surface area contributed by atoms with Crippen molar-refractivity contribution in [2.75, 3.05) is 7.11 Å². The molecule has 0 N–H and O–H groups in total. The van der Waals surface area contributed by atoms with E-state index in [1.807, 2.05) is 42.8 Å². The molecule has 2 heterocycles. The summed E-state index contributed by atoms with van der Waals surface area (Å²) in [6.45, 7) is 1.93. The molecule has 158 valence electrons. The number of nitro benzene ring substituents is 1. The molecule has 0 amide bonds. The molecule has 10 nitrogen and oxygen atoms in total. The predicted octanol–water partition coefficient (Wildman–Crippen LogP) is 4.30. The third-order valence-electron chi connectivity index (χ3n) is 4.58. The number of thioether (sulfide) groups is 1. The molecule has 0 saturated carbocycles. The standard InChI is InChI=1S/C20H18N6O4S/c1-12(18-22-23-19(30-18)14-4-8-15(9-5-14)26(27)28)31-20-24-21-17(25(20)2)13-6-10-16(29-3)11-7-13/h4-12H,1-3H3/t12-/m1/s1. The predicted molar refractivity (Wildman–Crippen MR) is 114 cm³/mol. The molecular formula is C20H18N6O4S. The van der Waals surface area contributed by atoms with Crippen LogP contribution in [-0.2, 0) is 7.05 Å². The number of rotatable bonds is 7. The summed E-state index contributed by atoms with van der Waals surface area (Å²) in [4.78, 5) is 10.3. The lowest BCUT2D eigenvalue weighted by molar-refractivity contribution is -0.384. The van der Waals surface area contributed by atoms with E-state index in [0.717, 1.165) is 17.1 Å². The highest BCUT2D eigenvalue weighted by Crippen LogP contribution is 2.35. The van der Waals surface area contributed by atoms with E-state index in [0.29, 0.717) is 22.5 Å². The summed E-state index contributed by atoms with van der Waals surface area (Å²) >= 11 is 1.44. The van der Waals surface area contributed by atoms with Gasteiger partial charge in [0.1, 0.15) is 5.75 Å². The van der Waals surface area contributed by atoms with Gasteiger partial charge in [0.25, 0.3) is 5.69 Å². The molecule has 0 aliphatic carbocycles. The van der Waals surface area contributed by atoms with Gasteiger partial charge >= 0.3 is 0 Å². The highest BCUT2D eigenvalue weighted by Gasteiger charge is 2.20. The van der Waals surface area contributed by atoms with Crippen LogP contribution in [0.25, 0.3) is 22.8 Å². The molecule has 0 spiro atoms. The topological polar surface area (TPSA) is 122 Å². The van der Waals surface area contributed by atoms with E-state index in [1.165, 1.54) is 23.9 Å². The minimum Gasteiger partial charge on any atom is -0.497 e. The normalized spacial score (nSPS) is 12.0. The van der Waals surface area contributed by atoms with Crippen molar-refractivity contribution in [3.05, 3.63) is 64.5 Å². The Morgan fingerprint density at radius 1 is 1.03 bits per heavy atom. The van der Waals surface area contributed by atoms with Crippen molar-refractivity contribution in [3.8, 4) is 28.6 Å². The van der Waals surface area contributed by atoms with Crippen molar-refractivity contribution in [3.63, 3.8) is 0 Å². The lowest BCUT2D eigenvalue weighted by atomic mass is 10.2. The fraction of sp³-hybridized carbons (Fsp3) is 0.200. The van der Waals surface area contributed by atoms with Crippen LogP contribution in [0, 0.1) is 10.1 Å². The molecule has 2 aromatic carbocycles. The third-order valence-corrected chi connectivity index (χ3v) is 5.70. The van der Waals surface area contributed by atoms with E-state index in [-0.39, 0.29) is 10.9 Å². The molecule has 0 aliphatic heterocycles. The number of non-ortho nitro benzene ring substituents is 1. The van der Waals surface area contributed by atoms with Crippen LogP contribution in [0.3, 0.4) is 0 Å². The Kier molecular flexibility index (Phi) is 5.67. The van der Waals surface area contributed by atoms with Gasteiger partial charge in [0.05, 0.1) is 17.3 Å². The molecular weight excluding hydrogens is 420 g/mol. The van der Waals surface area contributed by atoms with Crippen LogP contribution in [0.1, 0.15) is 18.1 Å². The molecule has 1 atom stereocenters. The minimum absolute atomic E-state index is 0.00218. The van der Waals surface area contributed by atoms with Crippen molar-refractivity contribution in [2.24, 2.45) is 7.05 Å². The minimum atomic E-state index is -0.456. The van der Waals surface area contributed by atoms with Gasteiger partial charge in [-0.15, -0.1) is 20.4 Å². The summed E-state index contributed by atoms with van der Waals surface area (Å²) in [5.74, 6) is 2.23. The second kappa shape index (κ2) is 8.56. The van der Waals surface area contributed by atoms with Crippen LogP contribution < -0.4 is 4.74 Å². The van der Waals surface area contributed by atoms with E-state index < -0.39 is 4.92 Å².